The van der Waals surface area contributed by atoms with Crippen molar-refractivity contribution in [2.75, 3.05) is 0 Å². The Morgan fingerprint density at radius 3 is 0.914 bits per heavy atom. The molecule has 0 aliphatic carbocycles. The van der Waals surface area contributed by atoms with Gasteiger partial charge in [0.25, 0.3) is 0 Å². The number of hydrogen-bond donors (Lipinski definition) is 1. The largest absolute Gasteiger partial charge is 0.508 e. The van der Waals surface area contributed by atoms with Gasteiger partial charge in [-0.05, 0) is 30.5 Å². The molecule has 1 aromatic rings. The maximum atomic E-state index is 9.33. The number of phenols is 1. The van der Waals surface area contributed by atoms with Crippen LogP contribution in [0.3, 0.4) is 0 Å². The van der Waals surface area contributed by atoms with Gasteiger partial charge in [-0.25, -0.2) is 0 Å². The molecule has 204 valence electrons. The molecule has 0 saturated heterocycles. The molecule has 35 heavy (non-hydrogen) atoms. The molecule has 0 fully saturated rings. The molecule has 0 radical (unpaired) electrons. The first-order valence-electron chi connectivity index (χ1n) is 16.1. The molecule has 0 heterocycles. The maximum Gasteiger partial charge on any atom is 0.115 e. The Balaban J connectivity index is 1.65. The lowest BCUT2D eigenvalue weighted by atomic mass is 10.0. The highest BCUT2D eigenvalue weighted by molar-refractivity contribution is 5.25. The van der Waals surface area contributed by atoms with Crippen molar-refractivity contribution >= 4 is 0 Å². The number of benzene rings is 1. The third kappa shape index (κ3) is 23.2. The molecule has 0 unspecified atom stereocenters. The van der Waals surface area contributed by atoms with Crippen molar-refractivity contribution in [1.29, 1.82) is 0 Å². The summed E-state index contributed by atoms with van der Waals surface area (Å²) in [7, 11) is 0. The van der Waals surface area contributed by atoms with Crippen molar-refractivity contribution in [1.82, 2.24) is 0 Å². The number of aryl methyl sites for hydroxylation is 1. The average molecular weight is 487 g/mol. The van der Waals surface area contributed by atoms with Crippen LogP contribution in [0.5, 0.6) is 5.75 Å². The molecule has 0 aliphatic heterocycles. The molecule has 0 aliphatic rings. The SMILES string of the molecule is CCCCCCCCCCCCCCCCCCCCCCCCCCCCc1ccc(O)cc1. The monoisotopic (exact) mass is 486 g/mol. The first-order chi connectivity index (χ1) is 17.3. The number of rotatable bonds is 27. The van der Waals surface area contributed by atoms with Gasteiger partial charge < -0.3 is 5.11 Å². The van der Waals surface area contributed by atoms with E-state index in [1.807, 2.05) is 0 Å². The fourth-order valence-corrected chi connectivity index (χ4v) is 5.31. The summed E-state index contributed by atoms with van der Waals surface area (Å²) in [6.07, 6.45) is 38.8. The first-order valence-corrected chi connectivity index (χ1v) is 16.1. The molecular weight excluding hydrogens is 424 g/mol. The van der Waals surface area contributed by atoms with E-state index in [9.17, 15) is 5.11 Å². The van der Waals surface area contributed by atoms with Gasteiger partial charge in [0.1, 0.15) is 5.75 Å². The van der Waals surface area contributed by atoms with Crippen LogP contribution in [0, 0.1) is 0 Å². The summed E-state index contributed by atoms with van der Waals surface area (Å²) in [6.45, 7) is 2.30. The first kappa shape index (κ1) is 32.0. The quantitative estimate of drug-likeness (QED) is 0.123. The van der Waals surface area contributed by atoms with Crippen LogP contribution in [0.2, 0.25) is 0 Å². The van der Waals surface area contributed by atoms with E-state index in [1.165, 1.54) is 173 Å². The molecule has 1 nitrogen and oxygen atoms in total. The van der Waals surface area contributed by atoms with Crippen LogP contribution in [0.25, 0.3) is 0 Å². The highest BCUT2D eigenvalue weighted by Crippen LogP contribution is 2.17. The zero-order valence-electron chi connectivity index (χ0n) is 23.8. The molecule has 1 N–H and O–H groups in total. The van der Waals surface area contributed by atoms with E-state index < -0.39 is 0 Å². The Labute approximate surface area is 220 Å². The van der Waals surface area contributed by atoms with Gasteiger partial charge in [-0.2, -0.15) is 0 Å². The standard InChI is InChI=1S/C34H62O/c1-2-3-4-5-6-7-8-9-10-11-12-13-14-15-16-17-18-19-20-21-22-23-24-25-26-27-28-33-29-31-34(35)32-30-33/h29-32,35H,2-28H2,1H3. The van der Waals surface area contributed by atoms with Crippen LogP contribution < -0.4 is 0 Å². The second-order valence-electron chi connectivity index (χ2n) is 11.3. The lowest BCUT2D eigenvalue weighted by molar-refractivity contribution is 0.475. The fourth-order valence-electron chi connectivity index (χ4n) is 5.31. The van der Waals surface area contributed by atoms with Crippen LogP contribution in [0.4, 0.5) is 0 Å². The predicted octanol–water partition coefficient (Wildman–Crippen LogP) is 12.1. The van der Waals surface area contributed by atoms with Crippen LogP contribution in [0.15, 0.2) is 24.3 Å². The summed E-state index contributed by atoms with van der Waals surface area (Å²) in [4.78, 5) is 0. The molecule has 0 aromatic heterocycles. The molecule has 0 saturated carbocycles. The van der Waals surface area contributed by atoms with Gasteiger partial charge in [-0.3, -0.25) is 0 Å². The number of unbranched alkanes of at least 4 members (excludes halogenated alkanes) is 25. The summed E-state index contributed by atoms with van der Waals surface area (Å²) in [5.74, 6) is 0.374. The lowest BCUT2D eigenvalue weighted by Gasteiger charge is -2.05. The second-order valence-corrected chi connectivity index (χ2v) is 11.3. The van der Waals surface area contributed by atoms with E-state index in [0.29, 0.717) is 5.75 Å². The maximum absolute atomic E-state index is 9.33. The van der Waals surface area contributed by atoms with E-state index in [2.05, 4.69) is 19.1 Å². The molecule has 1 rings (SSSR count). The Morgan fingerprint density at radius 2 is 0.629 bits per heavy atom. The van der Waals surface area contributed by atoms with E-state index in [-0.39, 0.29) is 0 Å². The van der Waals surface area contributed by atoms with E-state index >= 15 is 0 Å². The fraction of sp³-hybridized carbons (Fsp3) is 0.824. The van der Waals surface area contributed by atoms with Crippen LogP contribution in [0.1, 0.15) is 179 Å². The second kappa shape index (κ2) is 26.1. The molecule has 1 heteroatoms. The van der Waals surface area contributed by atoms with Gasteiger partial charge in [-0.1, -0.05) is 180 Å². The molecule has 0 atom stereocenters. The van der Waals surface area contributed by atoms with E-state index in [4.69, 9.17) is 0 Å². The van der Waals surface area contributed by atoms with Gasteiger partial charge in [0, 0.05) is 0 Å². The minimum Gasteiger partial charge on any atom is -0.508 e. The van der Waals surface area contributed by atoms with Gasteiger partial charge in [0.15, 0.2) is 0 Å². The highest BCUT2D eigenvalue weighted by atomic mass is 16.3. The lowest BCUT2D eigenvalue weighted by Crippen LogP contribution is -1.86. The number of hydrogen-bond acceptors (Lipinski definition) is 1. The van der Waals surface area contributed by atoms with Gasteiger partial charge in [-0.15, -0.1) is 0 Å². The Bertz CT molecular complexity index is 520. The zero-order valence-corrected chi connectivity index (χ0v) is 23.8. The van der Waals surface area contributed by atoms with E-state index in [0.717, 1.165) is 6.42 Å². The van der Waals surface area contributed by atoms with E-state index in [1.54, 1.807) is 12.1 Å². The Kier molecular flexibility index (Phi) is 23.9. The van der Waals surface area contributed by atoms with Crippen LogP contribution >= 0.6 is 0 Å². The Hall–Kier alpha value is -0.980. The number of phenolic OH excluding ortho intramolecular Hbond substituents is 1. The third-order valence-corrected chi connectivity index (χ3v) is 7.76. The summed E-state index contributed by atoms with van der Waals surface area (Å²) >= 11 is 0. The normalized spacial score (nSPS) is 11.3. The summed E-state index contributed by atoms with van der Waals surface area (Å²) in [5, 5.41) is 9.33. The van der Waals surface area contributed by atoms with Gasteiger partial charge in [0.05, 0.1) is 0 Å². The van der Waals surface area contributed by atoms with Crippen LogP contribution in [-0.4, -0.2) is 5.11 Å². The van der Waals surface area contributed by atoms with Crippen molar-refractivity contribution in [3.05, 3.63) is 29.8 Å². The highest BCUT2D eigenvalue weighted by Gasteiger charge is 1.97. The van der Waals surface area contributed by atoms with Gasteiger partial charge in [0.2, 0.25) is 0 Å². The smallest absolute Gasteiger partial charge is 0.115 e. The molecule has 0 bridgehead atoms. The van der Waals surface area contributed by atoms with Crippen molar-refractivity contribution in [2.45, 2.75) is 180 Å². The third-order valence-electron chi connectivity index (χ3n) is 7.76. The average Bonchev–Trinajstić information content (AvgIpc) is 2.87. The summed E-state index contributed by atoms with van der Waals surface area (Å²) in [6, 6.07) is 7.70. The van der Waals surface area contributed by atoms with Crippen molar-refractivity contribution in [3.8, 4) is 5.75 Å². The van der Waals surface area contributed by atoms with Crippen molar-refractivity contribution in [3.63, 3.8) is 0 Å². The molecule has 0 spiro atoms. The summed E-state index contributed by atoms with van der Waals surface area (Å²) < 4.78 is 0. The van der Waals surface area contributed by atoms with Crippen molar-refractivity contribution in [2.24, 2.45) is 0 Å². The Morgan fingerprint density at radius 1 is 0.371 bits per heavy atom. The van der Waals surface area contributed by atoms with Gasteiger partial charge >= 0.3 is 0 Å². The summed E-state index contributed by atoms with van der Waals surface area (Å²) in [5.41, 5.74) is 1.35. The van der Waals surface area contributed by atoms with Crippen LogP contribution in [-0.2, 0) is 6.42 Å². The predicted molar refractivity (Wildman–Crippen MR) is 158 cm³/mol. The molecular formula is C34H62O. The van der Waals surface area contributed by atoms with Crippen molar-refractivity contribution < 1.29 is 5.11 Å². The minimum atomic E-state index is 0.374. The minimum absolute atomic E-state index is 0.374. The number of aromatic hydroxyl groups is 1. The molecule has 1 aromatic carbocycles. The molecule has 0 amide bonds. The topological polar surface area (TPSA) is 20.2 Å². The zero-order chi connectivity index (χ0) is 25.1.